The predicted octanol–water partition coefficient (Wildman–Crippen LogP) is 1.83. The Hall–Kier alpha value is -1.26. The maximum atomic E-state index is 11.6. The molecule has 0 heterocycles. The minimum Gasteiger partial charge on any atom is -0.481 e. The van der Waals surface area contributed by atoms with E-state index in [0.29, 0.717) is 12.5 Å². The first-order valence-electron chi connectivity index (χ1n) is 5.80. The van der Waals surface area contributed by atoms with Gasteiger partial charge in [0, 0.05) is 6.54 Å². The van der Waals surface area contributed by atoms with E-state index in [1.165, 1.54) is 0 Å². The second kappa shape index (κ2) is 5.38. The standard InChI is InChI=1S/C12H24N2O3/c1-8(2)7-13-10(17)14-12(5,6)11(3,4)9(15)16/h8H,7H2,1-6H3,(H,15,16)(H2,13,14,17). The Balaban J connectivity index is 4.54. The molecule has 0 unspecified atom stereocenters. The van der Waals surface area contributed by atoms with Gasteiger partial charge in [-0.15, -0.1) is 0 Å². The van der Waals surface area contributed by atoms with Gasteiger partial charge in [0.05, 0.1) is 11.0 Å². The van der Waals surface area contributed by atoms with Crippen molar-refractivity contribution in [3.63, 3.8) is 0 Å². The molecule has 100 valence electrons. The van der Waals surface area contributed by atoms with Crippen LogP contribution in [0.25, 0.3) is 0 Å². The van der Waals surface area contributed by atoms with E-state index in [1.54, 1.807) is 27.7 Å². The third-order valence-electron chi connectivity index (χ3n) is 3.19. The van der Waals surface area contributed by atoms with E-state index < -0.39 is 16.9 Å². The maximum absolute atomic E-state index is 11.6. The van der Waals surface area contributed by atoms with Gasteiger partial charge in [-0.1, -0.05) is 13.8 Å². The summed E-state index contributed by atoms with van der Waals surface area (Å²) < 4.78 is 0. The summed E-state index contributed by atoms with van der Waals surface area (Å²) in [6, 6.07) is -0.335. The lowest BCUT2D eigenvalue weighted by Crippen LogP contribution is -2.59. The van der Waals surface area contributed by atoms with E-state index in [9.17, 15) is 9.59 Å². The first-order valence-corrected chi connectivity index (χ1v) is 5.80. The molecule has 0 aromatic heterocycles. The Morgan fingerprint density at radius 2 is 1.65 bits per heavy atom. The molecule has 0 atom stereocenters. The van der Waals surface area contributed by atoms with Gasteiger partial charge in [0.2, 0.25) is 0 Å². The fourth-order valence-corrected chi connectivity index (χ4v) is 1.05. The van der Waals surface area contributed by atoms with E-state index in [0.717, 1.165) is 0 Å². The third kappa shape index (κ3) is 4.24. The lowest BCUT2D eigenvalue weighted by Gasteiger charge is -2.38. The van der Waals surface area contributed by atoms with Crippen LogP contribution in [0.3, 0.4) is 0 Å². The fourth-order valence-electron chi connectivity index (χ4n) is 1.05. The molecule has 0 fully saturated rings. The molecule has 0 aliphatic rings. The molecule has 0 bridgehead atoms. The van der Waals surface area contributed by atoms with E-state index in [4.69, 9.17) is 5.11 Å². The maximum Gasteiger partial charge on any atom is 0.315 e. The van der Waals surface area contributed by atoms with Gasteiger partial charge in [-0.3, -0.25) is 4.79 Å². The molecular formula is C12H24N2O3. The predicted molar refractivity (Wildman–Crippen MR) is 66.9 cm³/mol. The summed E-state index contributed by atoms with van der Waals surface area (Å²) in [6.07, 6.45) is 0. The number of hydrogen-bond donors (Lipinski definition) is 3. The van der Waals surface area contributed by atoms with E-state index in [1.807, 2.05) is 13.8 Å². The first-order chi connectivity index (χ1) is 7.50. The Kier molecular flexibility index (Phi) is 4.98. The van der Waals surface area contributed by atoms with E-state index >= 15 is 0 Å². The van der Waals surface area contributed by atoms with Crippen LogP contribution < -0.4 is 10.6 Å². The molecule has 0 aliphatic carbocycles. The normalized spacial score (nSPS) is 12.4. The Morgan fingerprint density at radius 3 is 2.00 bits per heavy atom. The highest BCUT2D eigenvalue weighted by molar-refractivity contribution is 5.79. The highest BCUT2D eigenvalue weighted by Crippen LogP contribution is 2.30. The summed E-state index contributed by atoms with van der Waals surface area (Å²) in [5.74, 6) is -0.581. The average molecular weight is 244 g/mol. The van der Waals surface area contributed by atoms with Crippen molar-refractivity contribution in [3.05, 3.63) is 0 Å². The van der Waals surface area contributed by atoms with Crippen molar-refractivity contribution >= 4 is 12.0 Å². The van der Waals surface area contributed by atoms with Crippen LogP contribution in [0.5, 0.6) is 0 Å². The van der Waals surface area contributed by atoms with Gasteiger partial charge in [0.1, 0.15) is 0 Å². The number of carboxylic acid groups (broad SMARTS) is 1. The largest absolute Gasteiger partial charge is 0.481 e. The summed E-state index contributed by atoms with van der Waals surface area (Å²) in [5, 5.41) is 14.5. The van der Waals surface area contributed by atoms with Crippen molar-refractivity contribution in [3.8, 4) is 0 Å². The number of amides is 2. The molecule has 0 rings (SSSR count). The SMILES string of the molecule is CC(C)CNC(=O)NC(C)(C)C(C)(C)C(=O)O. The minimum absolute atomic E-state index is 0.335. The van der Waals surface area contributed by atoms with Crippen LogP contribution in [0.15, 0.2) is 0 Å². The van der Waals surface area contributed by atoms with Gasteiger partial charge in [-0.2, -0.15) is 0 Å². The summed E-state index contributed by atoms with van der Waals surface area (Å²) >= 11 is 0. The summed E-state index contributed by atoms with van der Waals surface area (Å²) in [5.41, 5.74) is -1.87. The number of hydrogen-bond acceptors (Lipinski definition) is 2. The lowest BCUT2D eigenvalue weighted by atomic mass is 9.74. The highest BCUT2D eigenvalue weighted by atomic mass is 16.4. The van der Waals surface area contributed by atoms with Gasteiger partial charge in [-0.05, 0) is 33.6 Å². The zero-order chi connectivity index (χ0) is 13.9. The first kappa shape index (κ1) is 15.7. The van der Waals surface area contributed by atoms with Crippen LogP contribution in [0.4, 0.5) is 4.79 Å². The molecular weight excluding hydrogens is 220 g/mol. The van der Waals surface area contributed by atoms with Crippen LogP contribution in [0, 0.1) is 11.3 Å². The van der Waals surface area contributed by atoms with Crippen molar-refractivity contribution in [1.29, 1.82) is 0 Å². The number of carboxylic acids is 1. The van der Waals surface area contributed by atoms with E-state index in [2.05, 4.69) is 10.6 Å². The molecule has 0 radical (unpaired) electrons. The van der Waals surface area contributed by atoms with Crippen molar-refractivity contribution in [2.75, 3.05) is 6.54 Å². The molecule has 0 aliphatic heterocycles. The van der Waals surface area contributed by atoms with Crippen LogP contribution >= 0.6 is 0 Å². The lowest BCUT2D eigenvalue weighted by molar-refractivity contribution is -0.150. The van der Waals surface area contributed by atoms with Crippen LogP contribution in [-0.4, -0.2) is 29.2 Å². The fraction of sp³-hybridized carbons (Fsp3) is 0.833. The topological polar surface area (TPSA) is 78.4 Å². The Morgan fingerprint density at radius 1 is 1.18 bits per heavy atom. The molecule has 0 saturated carbocycles. The zero-order valence-electron chi connectivity index (χ0n) is 11.5. The highest BCUT2D eigenvalue weighted by Gasteiger charge is 2.44. The van der Waals surface area contributed by atoms with Gasteiger partial charge in [-0.25, -0.2) is 4.79 Å². The van der Waals surface area contributed by atoms with Crippen molar-refractivity contribution in [2.24, 2.45) is 11.3 Å². The van der Waals surface area contributed by atoms with E-state index in [-0.39, 0.29) is 6.03 Å². The number of nitrogens with one attached hydrogen (secondary N) is 2. The molecule has 3 N–H and O–H groups in total. The van der Waals surface area contributed by atoms with Crippen molar-refractivity contribution in [2.45, 2.75) is 47.1 Å². The molecule has 2 amide bonds. The molecule has 0 aromatic rings. The monoisotopic (exact) mass is 244 g/mol. The molecule has 5 heteroatoms. The molecule has 5 nitrogen and oxygen atoms in total. The Bertz CT molecular complexity index is 296. The molecule has 0 aromatic carbocycles. The molecule has 0 spiro atoms. The second-order valence-corrected chi connectivity index (χ2v) is 5.78. The zero-order valence-corrected chi connectivity index (χ0v) is 11.5. The Labute approximate surface area is 103 Å². The van der Waals surface area contributed by atoms with Crippen LogP contribution in [-0.2, 0) is 4.79 Å². The summed E-state index contributed by atoms with van der Waals surface area (Å²) in [6.45, 7) is 11.1. The van der Waals surface area contributed by atoms with Gasteiger partial charge < -0.3 is 15.7 Å². The van der Waals surface area contributed by atoms with Crippen LogP contribution in [0.1, 0.15) is 41.5 Å². The van der Waals surface area contributed by atoms with Gasteiger partial charge in [0.15, 0.2) is 0 Å². The molecule has 17 heavy (non-hydrogen) atoms. The minimum atomic E-state index is -1.04. The average Bonchev–Trinajstić information content (AvgIpc) is 2.13. The third-order valence-corrected chi connectivity index (χ3v) is 3.19. The molecule has 0 saturated heterocycles. The number of rotatable bonds is 5. The quantitative estimate of drug-likeness (QED) is 0.690. The smallest absolute Gasteiger partial charge is 0.315 e. The number of aliphatic carboxylic acids is 1. The van der Waals surface area contributed by atoms with Gasteiger partial charge in [0.25, 0.3) is 0 Å². The number of urea groups is 1. The number of carbonyl (C=O) groups is 2. The summed E-state index contributed by atoms with van der Waals surface area (Å²) in [4.78, 5) is 22.8. The van der Waals surface area contributed by atoms with Crippen molar-refractivity contribution in [1.82, 2.24) is 10.6 Å². The number of carbonyl (C=O) groups excluding carboxylic acids is 1. The summed E-state index contributed by atoms with van der Waals surface area (Å²) in [7, 11) is 0. The van der Waals surface area contributed by atoms with Crippen LogP contribution in [0.2, 0.25) is 0 Å². The van der Waals surface area contributed by atoms with Gasteiger partial charge >= 0.3 is 12.0 Å². The second-order valence-electron chi connectivity index (χ2n) is 5.78. The van der Waals surface area contributed by atoms with Crippen molar-refractivity contribution < 1.29 is 14.7 Å².